The van der Waals surface area contributed by atoms with Crippen molar-refractivity contribution in [2.75, 3.05) is 0 Å². The number of benzene rings is 4. The highest BCUT2D eigenvalue weighted by atomic mass is 28.4. The number of Topliss-reactive ketones (excluding diaryl/α,β-unsaturated/α-hetero) is 1. The van der Waals surface area contributed by atoms with Gasteiger partial charge in [0.05, 0.1) is 5.71 Å². The number of carbonyl (C=O) groups excluding carboxylic acids is 1. The molecule has 0 saturated carbocycles. The standard InChI is InChI=1S/C29H27NO2Si/c1-24(22-26(31)23-25-14-6-2-7-15-25)30-32-33(27-16-8-3-9-17-27,28-18-10-4-11-19-28)29-20-12-5-13-21-29/h2-21H,22-23H2,1H3/b30-24+. The van der Waals surface area contributed by atoms with Gasteiger partial charge in [-0.05, 0) is 28.0 Å². The number of hydrogen-bond acceptors (Lipinski definition) is 3. The number of rotatable bonds is 9. The molecule has 0 atom stereocenters. The molecule has 0 heterocycles. The monoisotopic (exact) mass is 449 g/mol. The molecule has 0 aliphatic rings. The minimum atomic E-state index is -2.91. The second-order valence-electron chi connectivity index (χ2n) is 8.07. The Morgan fingerprint density at radius 3 is 1.48 bits per heavy atom. The van der Waals surface area contributed by atoms with Crippen molar-refractivity contribution in [1.29, 1.82) is 0 Å². The lowest BCUT2D eigenvalue weighted by Gasteiger charge is -2.30. The van der Waals surface area contributed by atoms with E-state index in [4.69, 9.17) is 4.53 Å². The molecule has 4 heteroatoms. The van der Waals surface area contributed by atoms with Gasteiger partial charge in [-0.1, -0.05) is 121 Å². The fourth-order valence-corrected chi connectivity index (χ4v) is 7.62. The number of ketones is 1. The number of hydrogen-bond donors (Lipinski definition) is 0. The highest BCUT2D eigenvalue weighted by molar-refractivity contribution is 7.07. The lowest BCUT2D eigenvalue weighted by molar-refractivity contribution is -0.117. The molecule has 164 valence electrons. The largest absolute Gasteiger partial charge is 0.438 e. The van der Waals surface area contributed by atoms with Crippen molar-refractivity contribution in [3.05, 3.63) is 127 Å². The Morgan fingerprint density at radius 2 is 1.06 bits per heavy atom. The van der Waals surface area contributed by atoms with E-state index in [0.717, 1.165) is 21.1 Å². The van der Waals surface area contributed by atoms with Crippen LogP contribution in [0.3, 0.4) is 0 Å². The molecular formula is C29H27NO2Si. The van der Waals surface area contributed by atoms with Gasteiger partial charge in [0, 0.05) is 12.8 Å². The van der Waals surface area contributed by atoms with Crippen LogP contribution in [0.1, 0.15) is 18.9 Å². The Bertz CT molecular complexity index is 1100. The molecule has 0 fully saturated rings. The second kappa shape index (κ2) is 10.7. The van der Waals surface area contributed by atoms with Gasteiger partial charge >= 0.3 is 8.32 Å². The van der Waals surface area contributed by atoms with Crippen molar-refractivity contribution in [3.8, 4) is 0 Å². The van der Waals surface area contributed by atoms with Crippen molar-refractivity contribution in [3.63, 3.8) is 0 Å². The number of oxime groups is 1. The SMILES string of the molecule is C/C(CC(=O)Cc1ccccc1)=N\O[Si](c1ccccc1)(c1ccccc1)c1ccccc1. The first-order chi connectivity index (χ1) is 16.2. The summed E-state index contributed by atoms with van der Waals surface area (Å²) in [6, 6.07) is 40.7. The van der Waals surface area contributed by atoms with Gasteiger partial charge in [-0.2, -0.15) is 0 Å². The first-order valence-electron chi connectivity index (χ1n) is 11.1. The Labute approximate surface area is 196 Å². The normalized spacial score (nSPS) is 11.7. The predicted octanol–water partition coefficient (Wildman–Crippen LogP) is 4.25. The topological polar surface area (TPSA) is 38.7 Å². The maximum absolute atomic E-state index is 12.6. The highest BCUT2D eigenvalue weighted by Gasteiger charge is 2.44. The maximum Gasteiger partial charge on any atom is 0.380 e. The van der Waals surface area contributed by atoms with E-state index in [1.807, 2.05) is 91.9 Å². The van der Waals surface area contributed by atoms with Crippen LogP contribution in [0.5, 0.6) is 0 Å². The second-order valence-corrected chi connectivity index (χ2v) is 11.4. The molecule has 0 aliphatic carbocycles. The molecule has 33 heavy (non-hydrogen) atoms. The van der Waals surface area contributed by atoms with Gasteiger partial charge in [0.1, 0.15) is 5.78 Å². The summed E-state index contributed by atoms with van der Waals surface area (Å²) >= 11 is 0. The Kier molecular flexibility index (Phi) is 7.28. The Balaban J connectivity index is 1.69. The van der Waals surface area contributed by atoms with E-state index in [1.54, 1.807) is 0 Å². The third kappa shape index (κ3) is 5.36. The fraction of sp³-hybridized carbons (Fsp3) is 0.103. The molecule has 0 unspecified atom stereocenters. The van der Waals surface area contributed by atoms with Gasteiger partial charge in [-0.3, -0.25) is 4.79 Å². The number of nitrogens with zero attached hydrogens (tertiary/aromatic N) is 1. The van der Waals surface area contributed by atoms with Crippen molar-refractivity contribution in [2.45, 2.75) is 19.8 Å². The molecule has 4 aromatic carbocycles. The summed E-state index contributed by atoms with van der Waals surface area (Å²) in [5, 5.41) is 7.88. The third-order valence-corrected chi connectivity index (χ3v) is 9.38. The van der Waals surface area contributed by atoms with Crippen LogP contribution in [0.4, 0.5) is 0 Å². The molecule has 4 rings (SSSR count). The van der Waals surface area contributed by atoms with Gasteiger partial charge < -0.3 is 4.53 Å². The van der Waals surface area contributed by atoms with Crippen LogP contribution in [0.15, 0.2) is 126 Å². The average Bonchev–Trinajstić information content (AvgIpc) is 2.87. The van der Waals surface area contributed by atoms with E-state index in [9.17, 15) is 4.79 Å². The van der Waals surface area contributed by atoms with Crippen LogP contribution in [0.25, 0.3) is 0 Å². The zero-order chi connectivity index (χ0) is 22.9. The van der Waals surface area contributed by atoms with Crippen LogP contribution in [-0.4, -0.2) is 19.8 Å². The summed E-state index contributed by atoms with van der Waals surface area (Å²) in [7, 11) is -2.91. The minimum absolute atomic E-state index is 0.123. The van der Waals surface area contributed by atoms with Crippen LogP contribution in [-0.2, 0) is 15.7 Å². The van der Waals surface area contributed by atoms with Gasteiger partial charge in [-0.25, -0.2) is 0 Å². The molecule has 0 radical (unpaired) electrons. The summed E-state index contributed by atoms with van der Waals surface area (Å²) in [6.45, 7) is 1.86. The summed E-state index contributed by atoms with van der Waals surface area (Å²) in [6.07, 6.45) is 0.657. The van der Waals surface area contributed by atoms with Crippen molar-refractivity contribution in [2.24, 2.45) is 5.16 Å². The minimum Gasteiger partial charge on any atom is -0.438 e. The van der Waals surface area contributed by atoms with Crippen LogP contribution in [0.2, 0.25) is 0 Å². The zero-order valence-electron chi connectivity index (χ0n) is 18.7. The average molecular weight is 450 g/mol. The fourth-order valence-electron chi connectivity index (χ4n) is 4.03. The molecule has 0 saturated heterocycles. The quantitative estimate of drug-likeness (QED) is 0.166. The third-order valence-electron chi connectivity index (χ3n) is 5.58. The zero-order valence-corrected chi connectivity index (χ0v) is 19.7. The lowest BCUT2D eigenvalue weighted by Crippen LogP contribution is -2.68. The first-order valence-corrected chi connectivity index (χ1v) is 13.0. The molecular weight excluding hydrogens is 422 g/mol. The summed E-state index contributed by atoms with van der Waals surface area (Å²) in [5.41, 5.74) is 1.69. The van der Waals surface area contributed by atoms with Crippen LogP contribution in [0, 0.1) is 0 Å². The summed E-state index contributed by atoms with van der Waals surface area (Å²) in [5.74, 6) is 0.123. The number of carbonyl (C=O) groups is 1. The molecule has 0 aromatic heterocycles. The molecule has 0 N–H and O–H groups in total. The summed E-state index contributed by atoms with van der Waals surface area (Å²) < 4.78 is 6.58. The maximum atomic E-state index is 12.6. The Hall–Kier alpha value is -3.76. The molecule has 0 bridgehead atoms. The van der Waals surface area contributed by atoms with Gasteiger partial charge in [-0.15, -0.1) is 5.16 Å². The van der Waals surface area contributed by atoms with E-state index in [2.05, 4.69) is 41.6 Å². The highest BCUT2D eigenvalue weighted by Crippen LogP contribution is 2.11. The van der Waals surface area contributed by atoms with Gasteiger partial charge in [0.25, 0.3) is 0 Å². The molecule has 4 aromatic rings. The summed E-state index contributed by atoms with van der Waals surface area (Å²) in [4.78, 5) is 12.6. The van der Waals surface area contributed by atoms with Gasteiger partial charge in [0.15, 0.2) is 0 Å². The molecule has 0 amide bonds. The van der Waals surface area contributed by atoms with Gasteiger partial charge in [0.2, 0.25) is 0 Å². The lowest BCUT2D eigenvalue weighted by atomic mass is 10.1. The van der Waals surface area contributed by atoms with Crippen molar-refractivity contribution < 1.29 is 9.32 Å². The smallest absolute Gasteiger partial charge is 0.380 e. The van der Waals surface area contributed by atoms with E-state index < -0.39 is 8.32 Å². The van der Waals surface area contributed by atoms with E-state index in [0.29, 0.717) is 12.1 Å². The van der Waals surface area contributed by atoms with Crippen LogP contribution < -0.4 is 15.6 Å². The van der Waals surface area contributed by atoms with E-state index in [-0.39, 0.29) is 12.2 Å². The van der Waals surface area contributed by atoms with E-state index in [1.165, 1.54) is 0 Å². The predicted molar refractivity (Wildman–Crippen MR) is 138 cm³/mol. The van der Waals surface area contributed by atoms with Crippen molar-refractivity contribution in [1.82, 2.24) is 0 Å². The van der Waals surface area contributed by atoms with Crippen molar-refractivity contribution >= 4 is 35.4 Å². The van der Waals surface area contributed by atoms with Crippen LogP contribution >= 0.6 is 0 Å². The molecule has 0 aliphatic heterocycles. The van der Waals surface area contributed by atoms with E-state index >= 15 is 0 Å². The first kappa shape index (κ1) is 22.4. The molecule has 0 spiro atoms. The Morgan fingerprint density at radius 1 is 0.667 bits per heavy atom. The molecule has 3 nitrogen and oxygen atoms in total.